The summed E-state index contributed by atoms with van der Waals surface area (Å²) in [5.74, 6) is 0.547. The number of likely N-dealkylation sites (N-methyl/N-ethyl adjacent to an activating group) is 1. The lowest BCUT2D eigenvalue weighted by molar-refractivity contribution is -0.122. The first-order chi connectivity index (χ1) is 7.50. The van der Waals surface area contributed by atoms with Crippen LogP contribution in [0.15, 0.2) is 0 Å². The predicted molar refractivity (Wildman–Crippen MR) is 66.1 cm³/mol. The maximum absolute atomic E-state index is 11.7. The van der Waals surface area contributed by atoms with Gasteiger partial charge in [0.15, 0.2) is 0 Å². The monoisotopic (exact) mass is 227 g/mol. The molecule has 1 amide bonds. The molecular weight excluding hydrogens is 202 g/mol. The fourth-order valence-electron chi connectivity index (χ4n) is 2.07. The van der Waals surface area contributed by atoms with E-state index in [1.807, 2.05) is 14.1 Å². The zero-order chi connectivity index (χ0) is 12.1. The van der Waals surface area contributed by atoms with E-state index in [1.165, 1.54) is 6.42 Å². The third kappa shape index (κ3) is 4.10. The number of rotatable bonds is 5. The van der Waals surface area contributed by atoms with Crippen LogP contribution in [0.4, 0.5) is 0 Å². The van der Waals surface area contributed by atoms with E-state index in [2.05, 4.69) is 17.1 Å². The van der Waals surface area contributed by atoms with Gasteiger partial charge in [-0.05, 0) is 39.8 Å². The summed E-state index contributed by atoms with van der Waals surface area (Å²) in [6, 6.07) is 0.609. The predicted octanol–water partition coefficient (Wildman–Crippen LogP) is 0.570. The highest BCUT2D eigenvalue weighted by Gasteiger charge is 2.25. The molecular formula is C12H25N3O. The fraction of sp³-hybridized carbons (Fsp3) is 0.917. The van der Waals surface area contributed by atoms with Crippen molar-refractivity contribution in [1.29, 1.82) is 0 Å². The summed E-state index contributed by atoms with van der Waals surface area (Å²) in [7, 11) is 4.04. The smallest absolute Gasteiger partial charge is 0.220 e. The Morgan fingerprint density at radius 3 is 2.69 bits per heavy atom. The summed E-state index contributed by atoms with van der Waals surface area (Å²) in [5.41, 5.74) is 5.94. The van der Waals surface area contributed by atoms with Crippen LogP contribution < -0.4 is 11.1 Å². The van der Waals surface area contributed by atoms with E-state index in [9.17, 15) is 4.79 Å². The average Bonchev–Trinajstić information content (AvgIpc) is 2.60. The van der Waals surface area contributed by atoms with E-state index in [0.29, 0.717) is 24.9 Å². The van der Waals surface area contributed by atoms with Crippen molar-refractivity contribution >= 4 is 5.91 Å². The normalized spacial score (nSPS) is 27.1. The van der Waals surface area contributed by atoms with Gasteiger partial charge in [0.2, 0.25) is 5.91 Å². The minimum Gasteiger partial charge on any atom is -0.355 e. The molecule has 1 saturated carbocycles. The standard InChI is InChI=1S/C12H25N3O/c1-9(15(2)3)8-14-12(16)7-10-5-4-6-11(10)13/h9-11H,4-8,13H2,1-3H3,(H,14,16)/t9?,10-,11+/m0/s1. The molecule has 0 aromatic rings. The first kappa shape index (κ1) is 13.5. The van der Waals surface area contributed by atoms with Crippen molar-refractivity contribution in [3.05, 3.63) is 0 Å². The summed E-state index contributed by atoms with van der Waals surface area (Å²) >= 11 is 0. The van der Waals surface area contributed by atoms with Gasteiger partial charge in [0, 0.05) is 25.0 Å². The molecule has 0 spiro atoms. The first-order valence-corrected chi connectivity index (χ1v) is 6.19. The lowest BCUT2D eigenvalue weighted by Crippen LogP contribution is -2.39. The van der Waals surface area contributed by atoms with Crippen molar-refractivity contribution in [2.24, 2.45) is 11.7 Å². The van der Waals surface area contributed by atoms with Crippen LogP contribution in [0.25, 0.3) is 0 Å². The van der Waals surface area contributed by atoms with Crippen molar-refractivity contribution in [3.8, 4) is 0 Å². The Morgan fingerprint density at radius 2 is 2.19 bits per heavy atom. The molecule has 4 nitrogen and oxygen atoms in total. The van der Waals surface area contributed by atoms with Crippen molar-refractivity contribution in [2.75, 3.05) is 20.6 Å². The van der Waals surface area contributed by atoms with E-state index >= 15 is 0 Å². The number of hydrogen-bond donors (Lipinski definition) is 2. The number of hydrogen-bond acceptors (Lipinski definition) is 3. The van der Waals surface area contributed by atoms with E-state index in [1.54, 1.807) is 0 Å². The average molecular weight is 227 g/mol. The van der Waals surface area contributed by atoms with Crippen LogP contribution in [0.2, 0.25) is 0 Å². The molecule has 1 rings (SSSR count). The number of nitrogens with zero attached hydrogens (tertiary/aromatic N) is 1. The van der Waals surface area contributed by atoms with Gasteiger partial charge in [-0.3, -0.25) is 4.79 Å². The molecule has 4 heteroatoms. The number of nitrogens with one attached hydrogen (secondary N) is 1. The zero-order valence-corrected chi connectivity index (χ0v) is 10.7. The third-order valence-electron chi connectivity index (χ3n) is 3.64. The molecule has 0 heterocycles. The summed E-state index contributed by atoms with van der Waals surface area (Å²) in [6.07, 6.45) is 3.96. The van der Waals surface area contributed by atoms with Gasteiger partial charge in [-0.15, -0.1) is 0 Å². The van der Waals surface area contributed by atoms with Gasteiger partial charge in [0.25, 0.3) is 0 Å². The van der Waals surface area contributed by atoms with Crippen LogP contribution in [0.1, 0.15) is 32.6 Å². The second-order valence-corrected chi connectivity index (χ2v) is 5.18. The van der Waals surface area contributed by atoms with Crippen LogP contribution in [-0.2, 0) is 4.79 Å². The summed E-state index contributed by atoms with van der Waals surface area (Å²) < 4.78 is 0. The lowest BCUT2D eigenvalue weighted by Gasteiger charge is -2.21. The van der Waals surface area contributed by atoms with Gasteiger partial charge in [0.05, 0.1) is 0 Å². The van der Waals surface area contributed by atoms with Crippen molar-refractivity contribution in [3.63, 3.8) is 0 Å². The lowest BCUT2D eigenvalue weighted by atomic mass is 10.00. The van der Waals surface area contributed by atoms with Gasteiger partial charge in [-0.2, -0.15) is 0 Å². The Balaban J connectivity index is 2.20. The maximum Gasteiger partial charge on any atom is 0.220 e. The molecule has 0 aliphatic heterocycles. The molecule has 0 aromatic heterocycles. The van der Waals surface area contributed by atoms with Gasteiger partial charge >= 0.3 is 0 Å². The van der Waals surface area contributed by atoms with E-state index < -0.39 is 0 Å². The van der Waals surface area contributed by atoms with E-state index in [0.717, 1.165) is 12.8 Å². The molecule has 3 atom stereocenters. The molecule has 1 unspecified atom stereocenters. The Hall–Kier alpha value is -0.610. The minimum atomic E-state index is 0.149. The molecule has 0 radical (unpaired) electrons. The Labute approximate surface area is 98.6 Å². The Morgan fingerprint density at radius 1 is 1.50 bits per heavy atom. The topological polar surface area (TPSA) is 58.4 Å². The van der Waals surface area contributed by atoms with Crippen LogP contribution >= 0.6 is 0 Å². The molecule has 94 valence electrons. The number of carbonyl (C=O) groups is 1. The zero-order valence-electron chi connectivity index (χ0n) is 10.7. The second kappa shape index (κ2) is 6.21. The van der Waals surface area contributed by atoms with Gasteiger partial charge in [-0.1, -0.05) is 6.42 Å². The third-order valence-corrected chi connectivity index (χ3v) is 3.64. The highest BCUT2D eigenvalue weighted by atomic mass is 16.1. The molecule has 3 N–H and O–H groups in total. The van der Waals surface area contributed by atoms with Crippen LogP contribution in [0, 0.1) is 5.92 Å². The Bertz CT molecular complexity index is 230. The number of nitrogens with two attached hydrogens (primary N) is 1. The van der Waals surface area contributed by atoms with Crippen molar-refractivity contribution in [2.45, 2.75) is 44.7 Å². The molecule has 16 heavy (non-hydrogen) atoms. The highest BCUT2D eigenvalue weighted by molar-refractivity contribution is 5.76. The van der Waals surface area contributed by atoms with E-state index in [-0.39, 0.29) is 11.9 Å². The summed E-state index contributed by atoms with van der Waals surface area (Å²) in [6.45, 7) is 2.81. The number of carbonyl (C=O) groups excluding carboxylic acids is 1. The van der Waals surface area contributed by atoms with Gasteiger partial charge in [0.1, 0.15) is 0 Å². The first-order valence-electron chi connectivity index (χ1n) is 6.19. The van der Waals surface area contributed by atoms with Crippen LogP contribution in [0.5, 0.6) is 0 Å². The molecule has 1 fully saturated rings. The van der Waals surface area contributed by atoms with E-state index in [4.69, 9.17) is 5.73 Å². The Kier molecular flexibility index (Phi) is 5.22. The molecule has 0 saturated heterocycles. The largest absolute Gasteiger partial charge is 0.355 e. The molecule has 0 bridgehead atoms. The van der Waals surface area contributed by atoms with Gasteiger partial charge in [-0.25, -0.2) is 0 Å². The van der Waals surface area contributed by atoms with Crippen molar-refractivity contribution in [1.82, 2.24) is 10.2 Å². The van der Waals surface area contributed by atoms with Crippen LogP contribution in [0.3, 0.4) is 0 Å². The second-order valence-electron chi connectivity index (χ2n) is 5.18. The number of amides is 1. The van der Waals surface area contributed by atoms with Gasteiger partial charge < -0.3 is 16.0 Å². The van der Waals surface area contributed by atoms with Crippen molar-refractivity contribution < 1.29 is 4.79 Å². The maximum atomic E-state index is 11.7. The fourth-order valence-corrected chi connectivity index (χ4v) is 2.07. The molecule has 1 aliphatic rings. The highest BCUT2D eigenvalue weighted by Crippen LogP contribution is 2.26. The quantitative estimate of drug-likeness (QED) is 0.722. The molecule has 1 aliphatic carbocycles. The molecule has 0 aromatic carbocycles. The SMILES string of the molecule is CC(CNC(=O)C[C@@H]1CCC[C@H]1N)N(C)C. The van der Waals surface area contributed by atoms with Crippen LogP contribution in [-0.4, -0.2) is 43.5 Å². The summed E-state index contributed by atoms with van der Waals surface area (Å²) in [5, 5.41) is 2.98. The summed E-state index contributed by atoms with van der Waals surface area (Å²) in [4.78, 5) is 13.8. The minimum absolute atomic E-state index is 0.149.